The molecular weight excluding hydrogens is 773 g/mol. The van der Waals surface area contributed by atoms with Crippen molar-refractivity contribution in [1.29, 1.82) is 0 Å². The highest BCUT2D eigenvalue weighted by molar-refractivity contribution is 6.24. The van der Waals surface area contributed by atoms with E-state index >= 15 is 0 Å². The highest BCUT2D eigenvalue weighted by Gasteiger charge is 2.60. The average Bonchev–Trinajstić information content (AvgIpc) is 4.19. The first-order valence-corrected chi connectivity index (χ1v) is 21.4. The van der Waals surface area contributed by atoms with Crippen LogP contribution < -0.4 is 9.80 Å². The third kappa shape index (κ3) is 5.03. The van der Waals surface area contributed by atoms with E-state index in [4.69, 9.17) is 19.9 Å². The van der Waals surface area contributed by atoms with Gasteiger partial charge in [-0.15, -0.1) is 0 Å². The summed E-state index contributed by atoms with van der Waals surface area (Å²) in [4.78, 5) is 78.0. The lowest BCUT2D eigenvalue weighted by Gasteiger charge is -2.19. The van der Waals surface area contributed by atoms with Crippen LogP contribution in [0.4, 0.5) is 11.4 Å². The number of amides is 4. The minimum absolute atomic E-state index is 0.118. The zero-order valence-corrected chi connectivity index (χ0v) is 33.2. The Balaban J connectivity index is 0.861. The minimum atomic E-state index is -0.284. The van der Waals surface area contributed by atoms with Crippen molar-refractivity contribution in [2.24, 2.45) is 47.3 Å². The molecule has 7 aromatic rings. The molecular formula is C52H36N6O4. The van der Waals surface area contributed by atoms with Crippen LogP contribution in [0.25, 0.3) is 67.1 Å². The van der Waals surface area contributed by atoms with Crippen molar-refractivity contribution in [3.05, 3.63) is 146 Å². The Morgan fingerprint density at radius 3 is 1.10 bits per heavy atom. The SMILES string of the molecule is O=C1[C@@H]2[C@H](C(=O)N1c1ccc3nc(-c4ccc(-c5nc(-c6ccccc6)c6cc(N7C(=O)[C@@H]8[C@H](C7=O)[C@H]7C=C[C@H]8C7)ccc6n5)cc4)nc(-c4ccccc4)c3c1)[C@@H]1C=C[C@H]2C1. The predicted octanol–water partition coefficient (Wildman–Crippen LogP) is 8.86. The van der Waals surface area contributed by atoms with Crippen molar-refractivity contribution in [2.75, 3.05) is 9.80 Å². The van der Waals surface area contributed by atoms with Crippen LogP contribution >= 0.6 is 0 Å². The lowest BCUT2D eigenvalue weighted by atomic mass is 9.85. The second-order valence-electron chi connectivity index (χ2n) is 17.5. The number of allylic oxidation sites excluding steroid dienone is 4. The summed E-state index contributed by atoms with van der Waals surface area (Å²) in [5.41, 5.74) is 7.24. The highest BCUT2D eigenvalue weighted by atomic mass is 16.2. The van der Waals surface area contributed by atoms with Gasteiger partial charge in [0.05, 0.1) is 57.5 Å². The number of hydrogen-bond acceptors (Lipinski definition) is 8. The second kappa shape index (κ2) is 13.0. The van der Waals surface area contributed by atoms with Crippen LogP contribution in [-0.4, -0.2) is 43.6 Å². The molecule has 62 heavy (non-hydrogen) atoms. The van der Waals surface area contributed by atoms with E-state index in [0.717, 1.165) is 45.9 Å². The lowest BCUT2D eigenvalue weighted by molar-refractivity contribution is -0.124. The van der Waals surface area contributed by atoms with E-state index in [1.54, 1.807) is 0 Å². The second-order valence-corrected chi connectivity index (χ2v) is 17.5. The van der Waals surface area contributed by atoms with E-state index in [0.29, 0.717) is 45.4 Å². The molecule has 10 nitrogen and oxygen atoms in total. The molecule has 8 atom stereocenters. The Morgan fingerprint density at radius 1 is 0.387 bits per heavy atom. The highest BCUT2D eigenvalue weighted by Crippen LogP contribution is 2.55. The smallest absolute Gasteiger partial charge is 0.238 e. The number of carbonyl (C=O) groups is 4. The van der Waals surface area contributed by atoms with Gasteiger partial charge in [0.25, 0.3) is 0 Å². The number of anilines is 2. The molecule has 5 aromatic carbocycles. The van der Waals surface area contributed by atoms with Crippen molar-refractivity contribution < 1.29 is 19.2 Å². The van der Waals surface area contributed by atoms with Gasteiger partial charge in [-0.3, -0.25) is 19.2 Å². The molecule has 2 aliphatic heterocycles. The van der Waals surface area contributed by atoms with Gasteiger partial charge < -0.3 is 0 Å². The Morgan fingerprint density at radius 2 is 0.742 bits per heavy atom. The monoisotopic (exact) mass is 808 g/mol. The van der Waals surface area contributed by atoms with Gasteiger partial charge in [-0.25, -0.2) is 29.7 Å². The third-order valence-electron chi connectivity index (χ3n) is 14.3. The van der Waals surface area contributed by atoms with E-state index in [1.165, 1.54) is 9.80 Å². The Bertz CT molecular complexity index is 2910. The number of carbonyl (C=O) groups excluding carboxylic acids is 4. The maximum absolute atomic E-state index is 13.7. The summed E-state index contributed by atoms with van der Waals surface area (Å²) in [7, 11) is 0. The summed E-state index contributed by atoms with van der Waals surface area (Å²) in [6, 6.07) is 38.8. The minimum Gasteiger partial charge on any atom is -0.274 e. The summed E-state index contributed by atoms with van der Waals surface area (Å²) >= 11 is 0. The van der Waals surface area contributed by atoms with E-state index in [9.17, 15) is 19.2 Å². The van der Waals surface area contributed by atoms with Gasteiger partial charge in [0, 0.05) is 33.0 Å². The summed E-state index contributed by atoms with van der Waals surface area (Å²) in [5.74, 6) is -0.0423. The number of imide groups is 2. The Hall–Kier alpha value is -7.46. The molecule has 13 rings (SSSR count). The lowest BCUT2D eigenvalue weighted by Crippen LogP contribution is -2.32. The van der Waals surface area contributed by atoms with E-state index < -0.39 is 0 Å². The molecule has 2 saturated carbocycles. The summed E-state index contributed by atoms with van der Waals surface area (Å²) in [6.07, 6.45) is 10.2. The van der Waals surface area contributed by atoms with Crippen LogP contribution in [0.2, 0.25) is 0 Å². The fourth-order valence-corrected chi connectivity index (χ4v) is 11.5. The normalized spacial score (nSPS) is 26.5. The average molecular weight is 809 g/mol. The number of benzene rings is 5. The molecule has 0 unspecified atom stereocenters. The molecule has 6 aliphatic rings. The fourth-order valence-electron chi connectivity index (χ4n) is 11.5. The first kappa shape index (κ1) is 35.3. The van der Waals surface area contributed by atoms with Gasteiger partial charge >= 0.3 is 0 Å². The van der Waals surface area contributed by atoms with Crippen molar-refractivity contribution >= 4 is 56.8 Å². The third-order valence-corrected chi connectivity index (χ3v) is 14.3. The number of hydrogen-bond donors (Lipinski definition) is 0. The zero-order valence-electron chi connectivity index (χ0n) is 33.2. The van der Waals surface area contributed by atoms with Crippen LogP contribution in [0.3, 0.4) is 0 Å². The van der Waals surface area contributed by atoms with Gasteiger partial charge in [0.15, 0.2) is 11.6 Å². The first-order chi connectivity index (χ1) is 30.4. The summed E-state index contributed by atoms with van der Waals surface area (Å²) in [6.45, 7) is 0. The van der Waals surface area contributed by atoms with Gasteiger partial charge in [-0.2, -0.15) is 0 Å². The number of fused-ring (bicyclic) bond motifs is 12. The molecule has 298 valence electrons. The summed E-state index contributed by atoms with van der Waals surface area (Å²) in [5, 5.41) is 1.50. The Kier molecular flexibility index (Phi) is 7.42. The Labute approximate surface area is 355 Å². The largest absolute Gasteiger partial charge is 0.274 e. The maximum Gasteiger partial charge on any atom is 0.238 e. The first-order valence-electron chi connectivity index (χ1n) is 21.4. The van der Waals surface area contributed by atoms with Crippen LogP contribution in [-0.2, 0) is 19.2 Å². The van der Waals surface area contributed by atoms with Crippen molar-refractivity contribution in [1.82, 2.24) is 19.9 Å². The molecule has 4 bridgehead atoms. The van der Waals surface area contributed by atoms with E-state index in [-0.39, 0.29) is 71.0 Å². The van der Waals surface area contributed by atoms with Gasteiger partial charge in [-0.05, 0) is 72.9 Å². The maximum atomic E-state index is 13.7. The van der Waals surface area contributed by atoms with Crippen molar-refractivity contribution in [3.63, 3.8) is 0 Å². The topological polar surface area (TPSA) is 126 Å². The molecule has 4 fully saturated rings. The molecule has 10 heteroatoms. The molecule has 2 saturated heterocycles. The molecule has 0 N–H and O–H groups in total. The molecule has 2 aromatic heterocycles. The number of rotatable bonds is 6. The van der Waals surface area contributed by atoms with Gasteiger partial charge in [0.2, 0.25) is 23.6 Å². The fraction of sp³-hybridized carbons (Fsp3) is 0.192. The van der Waals surface area contributed by atoms with E-state index in [2.05, 4.69) is 24.3 Å². The standard InChI is InChI=1S/C52H36N6O4/c59-49-41-31-15-16-32(23-31)42(41)50(60)57(49)35-19-21-39-37(25-35)45(27-7-3-1-4-8-27)55-47(53-39)29-11-13-30(14-12-29)48-54-40-22-20-36(26-38(40)46(56-48)28-9-5-2-6-10-28)58-51(61)43-33-17-18-34(24-33)44(43)52(58)62/h1-22,25-26,31-34,41-44H,23-24H2/t31-,32-,33-,34+,41-,42+,43-,44+/m0/s1. The van der Waals surface area contributed by atoms with Crippen LogP contribution in [0.5, 0.6) is 0 Å². The quantitative estimate of drug-likeness (QED) is 0.121. The molecule has 4 aliphatic carbocycles. The van der Waals surface area contributed by atoms with Crippen LogP contribution in [0.15, 0.2) is 146 Å². The number of aromatic nitrogens is 4. The van der Waals surface area contributed by atoms with Crippen LogP contribution in [0.1, 0.15) is 12.8 Å². The van der Waals surface area contributed by atoms with Gasteiger partial charge in [-0.1, -0.05) is 109 Å². The zero-order chi connectivity index (χ0) is 41.4. The molecule has 0 radical (unpaired) electrons. The van der Waals surface area contributed by atoms with Gasteiger partial charge in [0.1, 0.15) is 0 Å². The van der Waals surface area contributed by atoms with E-state index in [1.807, 2.05) is 121 Å². The predicted molar refractivity (Wildman–Crippen MR) is 235 cm³/mol. The molecule has 0 spiro atoms. The van der Waals surface area contributed by atoms with Crippen molar-refractivity contribution in [2.45, 2.75) is 12.8 Å². The van der Waals surface area contributed by atoms with Crippen molar-refractivity contribution in [3.8, 4) is 45.3 Å². The molecule has 4 amide bonds. The molecule has 4 heterocycles. The number of nitrogens with zero attached hydrogens (tertiary/aromatic N) is 6. The summed E-state index contributed by atoms with van der Waals surface area (Å²) < 4.78 is 0. The van der Waals surface area contributed by atoms with Crippen LogP contribution in [0, 0.1) is 47.3 Å².